The van der Waals surface area contributed by atoms with Gasteiger partial charge >= 0.3 is 0 Å². The van der Waals surface area contributed by atoms with Crippen LogP contribution in [0.15, 0.2) is 0 Å². The molecule has 0 atom stereocenters. The third-order valence-electron chi connectivity index (χ3n) is 1.64. The Kier molecular flexibility index (Phi) is 4.91. The van der Waals surface area contributed by atoms with E-state index in [1.807, 2.05) is 20.8 Å². The van der Waals surface area contributed by atoms with Crippen molar-refractivity contribution in [1.29, 1.82) is 0 Å². The molecule has 0 aliphatic rings. The molecule has 0 unspecified atom stereocenters. The summed E-state index contributed by atoms with van der Waals surface area (Å²) in [4.78, 5) is 1.48. The van der Waals surface area contributed by atoms with Gasteiger partial charge in [0.05, 0.1) is 0 Å². The van der Waals surface area contributed by atoms with Gasteiger partial charge in [-0.2, -0.15) is 0 Å². The molecular weight excluding hydrogens is 154 g/mol. The summed E-state index contributed by atoms with van der Waals surface area (Å²) in [5.41, 5.74) is 0. The van der Waals surface area contributed by atoms with Crippen molar-refractivity contribution in [2.75, 3.05) is 13.1 Å². The zero-order chi connectivity index (χ0) is 9.61. The molecule has 0 aliphatic carbocycles. The lowest BCUT2D eigenvalue weighted by Gasteiger charge is -2.28. The lowest BCUT2D eigenvalue weighted by Crippen LogP contribution is -2.47. The summed E-state index contributed by atoms with van der Waals surface area (Å²) in [6.07, 6.45) is 0.629. The smallest absolute Gasteiger partial charge is 0.293 e. The van der Waals surface area contributed by atoms with E-state index in [-0.39, 0.29) is 0 Å². The molecule has 0 aliphatic heterocycles. The van der Waals surface area contributed by atoms with Crippen molar-refractivity contribution in [3.63, 3.8) is 0 Å². The van der Waals surface area contributed by atoms with Crippen LogP contribution in [0.5, 0.6) is 0 Å². The average molecular weight is 171 g/mol. The van der Waals surface area contributed by atoms with Gasteiger partial charge in [-0.1, -0.05) is 26.7 Å². The van der Waals surface area contributed by atoms with Gasteiger partial charge in [0.25, 0.3) is 5.91 Å². The first-order chi connectivity index (χ1) is 5.58. The average Bonchev–Trinajstić information content (AvgIpc) is 2.03. The summed E-state index contributed by atoms with van der Waals surface area (Å²) in [5.74, 6) is 3.08. The van der Waals surface area contributed by atoms with Crippen LogP contribution in [0.3, 0.4) is 0 Å². The van der Waals surface area contributed by atoms with Gasteiger partial charge in [-0.25, -0.2) is 4.90 Å². The predicted octanol–water partition coefficient (Wildman–Crippen LogP) is 0.380. The molecule has 0 rings (SSSR count). The highest BCUT2D eigenvalue weighted by molar-refractivity contribution is 5.07. The van der Waals surface area contributed by atoms with Crippen LogP contribution in [0.2, 0.25) is 0 Å². The van der Waals surface area contributed by atoms with Gasteiger partial charge in [0.15, 0.2) is 0 Å². The first kappa shape index (κ1) is 11.4. The summed E-state index contributed by atoms with van der Waals surface area (Å²) >= 11 is 0. The highest BCUT2D eigenvalue weighted by atomic mass is 16.5. The van der Waals surface area contributed by atoms with E-state index in [1.165, 1.54) is 4.90 Å². The Labute approximate surface area is 74.0 Å². The minimum atomic E-state index is -1.96. The van der Waals surface area contributed by atoms with Gasteiger partial charge in [-0.05, 0) is 5.92 Å². The van der Waals surface area contributed by atoms with Crippen molar-refractivity contribution in [1.82, 2.24) is 4.90 Å². The van der Waals surface area contributed by atoms with Gasteiger partial charge in [0, 0.05) is 19.5 Å². The lowest BCUT2D eigenvalue weighted by molar-refractivity contribution is -0.215. The molecule has 0 aromatic carbocycles. The summed E-state index contributed by atoms with van der Waals surface area (Å²) in [7, 11) is 0. The number of nitrogens with zero attached hydrogens (tertiary/aromatic N) is 1. The molecule has 0 bridgehead atoms. The fourth-order valence-electron chi connectivity index (χ4n) is 0.951. The molecule has 3 heteroatoms. The largest absolute Gasteiger partial charge is 0.343 e. The van der Waals surface area contributed by atoms with E-state index >= 15 is 0 Å². The van der Waals surface area contributed by atoms with Crippen LogP contribution >= 0.6 is 0 Å². The van der Waals surface area contributed by atoms with E-state index in [0.29, 0.717) is 19.5 Å². The fourth-order valence-corrected chi connectivity index (χ4v) is 0.951. The first-order valence-corrected chi connectivity index (χ1v) is 4.28. The van der Waals surface area contributed by atoms with Crippen molar-refractivity contribution in [3.8, 4) is 11.8 Å². The molecule has 0 saturated heterocycles. The van der Waals surface area contributed by atoms with Crippen LogP contribution in [0.25, 0.3) is 0 Å². The minimum Gasteiger partial charge on any atom is -0.343 e. The van der Waals surface area contributed by atoms with E-state index in [2.05, 4.69) is 11.8 Å². The van der Waals surface area contributed by atoms with Crippen molar-refractivity contribution in [2.24, 2.45) is 0 Å². The third kappa shape index (κ3) is 3.22. The molecule has 3 nitrogen and oxygen atoms in total. The van der Waals surface area contributed by atoms with Crippen LogP contribution in [-0.4, -0.2) is 34.1 Å². The SMILES string of the molecule is CCC#CC(O)(O)N(CC)CC. The Morgan fingerprint density at radius 3 is 2.00 bits per heavy atom. The Morgan fingerprint density at radius 1 is 1.17 bits per heavy atom. The predicted molar refractivity (Wildman–Crippen MR) is 48.2 cm³/mol. The monoisotopic (exact) mass is 171 g/mol. The molecule has 0 radical (unpaired) electrons. The fraction of sp³-hybridized carbons (Fsp3) is 0.778. The van der Waals surface area contributed by atoms with Gasteiger partial charge in [-0.15, -0.1) is 0 Å². The zero-order valence-corrected chi connectivity index (χ0v) is 7.96. The second-order valence-electron chi connectivity index (χ2n) is 2.46. The maximum absolute atomic E-state index is 9.41. The topological polar surface area (TPSA) is 43.7 Å². The lowest BCUT2D eigenvalue weighted by atomic mass is 10.3. The molecule has 0 saturated carbocycles. The van der Waals surface area contributed by atoms with Gasteiger partial charge in [0.1, 0.15) is 0 Å². The molecule has 2 N–H and O–H groups in total. The zero-order valence-electron chi connectivity index (χ0n) is 7.96. The van der Waals surface area contributed by atoms with E-state index < -0.39 is 5.91 Å². The van der Waals surface area contributed by atoms with Crippen molar-refractivity contribution in [2.45, 2.75) is 33.1 Å². The molecule has 0 fully saturated rings. The standard InChI is InChI=1S/C9H17NO2/c1-4-7-8-9(11,12)10(5-2)6-3/h11-12H,4-6H2,1-3H3. The van der Waals surface area contributed by atoms with Crippen LogP contribution < -0.4 is 0 Å². The molecule has 0 amide bonds. The van der Waals surface area contributed by atoms with Gasteiger partial charge in [0.2, 0.25) is 0 Å². The Bertz CT molecular complexity index is 175. The Balaban J connectivity index is 4.34. The van der Waals surface area contributed by atoms with Crippen molar-refractivity contribution >= 4 is 0 Å². The van der Waals surface area contributed by atoms with Gasteiger partial charge in [-0.3, -0.25) is 0 Å². The summed E-state index contributed by atoms with van der Waals surface area (Å²) in [5, 5.41) is 18.8. The van der Waals surface area contributed by atoms with Crippen molar-refractivity contribution < 1.29 is 10.2 Å². The number of rotatable bonds is 3. The number of hydrogen-bond donors (Lipinski definition) is 2. The third-order valence-corrected chi connectivity index (χ3v) is 1.64. The molecule has 0 spiro atoms. The number of hydrogen-bond acceptors (Lipinski definition) is 3. The number of aliphatic hydroxyl groups is 2. The second-order valence-corrected chi connectivity index (χ2v) is 2.46. The minimum absolute atomic E-state index is 0.571. The van der Waals surface area contributed by atoms with Crippen LogP contribution in [0.1, 0.15) is 27.2 Å². The molecule has 0 aromatic heterocycles. The molecule has 0 heterocycles. The molecular formula is C9H17NO2. The van der Waals surface area contributed by atoms with E-state index in [9.17, 15) is 10.2 Å². The van der Waals surface area contributed by atoms with Crippen LogP contribution in [0.4, 0.5) is 0 Å². The maximum atomic E-state index is 9.41. The van der Waals surface area contributed by atoms with Crippen molar-refractivity contribution in [3.05, 3.63) is 0 Å². The highest BCUT2D eigenvalue weighted by Gasteiger charge is 2.26. The Morgan fingerprint density at radius 2 is 1.67 bits per heavy atom. The van der Waals surface area contributed by atoms with Crippen LogP contribution in [0, 0.1) is 11.8 Å². The quantitative estimate of drug-likeness (QED) is 0.476. The summed E-state index contributed by atoms with van der Waals surface area (Å²) in [6, 6.07) is 0. The van der Waals surface area contributed by atoms with E-state index in [4.69, 9.17) is 0 Å². The second kappa shape index (κ2) is 5.15. The molecule has 70 valence electrons. The maximum Gasteiger partial charge on any atom is 0.293 e. The first-order valence-electron chi connectivity index (χ1n) is 4.28. The summed E-state index contributed by atoms with van der Waals surface area (Å²) < 4.78 is 0. The molecule has 0 aromatic rings. The van der Waals surface area contributed by atoms with E-state index in [0.717, 1.165) is 0 Å². The normalized spacial score (nSPS) is 11.2. The van der Waals surface area contributed by atoms with Gasteiger partial charge < -0.3 is 10.2 Å². The van der Waals surface area contributed by atoms with Crippen LogP contribution in [-0.2, 0) is 0 Å². The molecule has 12 heavy (non-hydrogen) atoms. The Hall–Kier alpha value is -0.560. The van der Waals surface area contributed by atoms with E-state index in [1.54, 1.807) is 0 Å². The highest BCUT2D eigenvalue weighted by Crippen LogP contribution is 2.05. The summed E-state index contributed by atoms with van der Waals surface area (Å²) in [6.45, 7) is 6.73.